The van der Waals surface area contributed by atoms with Gasteiger partial charge in [-0.1, -0.05) is 12.1 Å². The van der Waals surface area contributed by atoms with Crippen LogP contribution in [-0.2, 0) is 4.74 Å². The molecular weight excluding hydrogens is 484 g/mol. The van der Waals surface area contributed by atoms with Crippen molar-refractivity contribution >= 4 is 23.4 Å². The minimum absolute atomic E-state index is 0.176. The third-order valence-corrected chi connectivity index (χ3v) is 6.66. The highest BCUT2D eigenvalue weighted by atomic mass is 16.5. The number of nitrogens with one attached hydrogen (secondary N) is 1. The summed E-state index contributed by atoms with van der Waals surface area (Å²) in [6.07, 6.45) is 0. The molecule has 1 heterocycles. The summed E-state index contributed by atoms with van der Waals surface area (Å²) >= 11 is 0. The van der Waals surface area contributed by atoms with Gasteiger partial charge in [0.05, 0.1) is 25.0 Å². The summed E-state index contributed by atoms with van der Waals surface area (Å²) in [6, 6.07) is 13.5. The molecule has 2 aromatic carbocycles. The molecule has 0 spiro atoms. The van der Waals surface area contributed by atoms with Gasteiger partial charge in [0.2, 0.25) is 0 Å². The van der Waals surface area contributed by atoms with Crippen LogP contribution in [-0.4, -0.2) is 86.9 Å². The summed E-state index contributed by atoms with van der Waals surface area (Å²) in [7, 11) is 1.61. The number of hydrogen-bond acceptors (Lipinski definition) is 7. The second-order valence-electron chi connectivity index (χ2n) is 9.78. The van der Waals surface area contributed by atoms with Gasteiger partial charge in [-0.05, 0) is 58.9 Å². The van der Waals surface area contributed by atoms with Crippen LogP contribution in [0.5, 0.6) is 11.5 Å². The van der Waals surface area contributed by atoms with E-state index in [-0.39, 0.29) is 12.0 Å². The fourth-order valence-electron chi connectivity index (χ4n) is 4.72. The Kier molecular flexibility index (Phi) is 10.6. The van der Waals surface area contributed by atoms with Crippen LogP contribution in [0.2, 0.25) is 0 Å². The lowest BCUT2D eigenvalue weighted by Crippen LogP contribution is -2.50. The number of benzene rings is 2. The molecule has 1 aliphatic heterocycles. The van der Waals surface area contributed by atoms with E-state index in [1.54, 1.807) is 37.1 Å². The van der Waals surface area contributed by atoms with Gasteiger partial charge in [0.1, 0.15) is 6.61 Å². The van der Waals surface area contributed by atoms with Crippen molar-refractivity contribution < 1.29 is 23.8 Å². The van der Waals surface area contributed by atoms with Crippen molar-refractivity contribution in [3.05, 3.63) is 48.0 Å². The van der Waals surface area contributed by atoms with Gasteiger partial charge < -0.3 is 29.3 Å². The zero-order valence-corrected chi connectivity index (χ0v) is 23.5. The van der Waals surface area contributed by atoms with E-state index < -0.39 is 0 Å². The summed E-state index contributed by atoms with van der Waals surface area (Å²) in [5.74, 6) is 0.887. The maximum absolute atomic E-state index is 13.0. The Hall–Kier alpha value is -3.46. The van der Waals surface area contributed by atoms with Gasteiger partial charge in [-0.25, -0.2) is 9.59 Å². The normalized spacial score (nSPS) is 13.7. The van der Waals surface area contributed by atoms with E-state index in [0.717, 1.165) is 12.2 Å². The first-order valence-corrected chi connectivity index (χ1v) is 13.4. The molecule has 1 aliphatic rings. The quantitative estimate of drug-likeness (QED) is 0.424. The number of amides is 2. The zero-order valence-electron chi connectivity index (χ0n) is 23.5. The van der Waals surface area contributed by atoms with Crippen LogP contribution in [0, 0.1) is 0 Å². The lowest BCUT2D eigenvalue weighted by Gasteiger charge is -2.36. The molecule has 38 heavy (non-hydrogen) atoms. The highest BCUT2D eigenvalue weighted by Crippen LogP contribution is 2.31. The molecule has 0 bridgehead atoms. The second-order valence-corrected chi connectivity index (χ2v) is 9.78. The number of esters is 1. The summed E-state index contributed by atoms with van der Waals surface area (Å²) < 4.78 is 16.7. The Bertz CT molecular complexity index is 1060. The first-order valence-electron chi connectivity index (χ1n) is 13.4. The number of ether oxygens (including phenoxy) is 3. The fourth-order valence-corrected chi connectivity index (χ4v) is 4.72. The van der Waals surface area contributed by atoms with Crippen molar-refractivity contribution in [1.29, 1.82) is 0 Å². The van der Waals surface area contributed by atoms with E-state index in [1.807, 2.05) is 24.3 Å². The second kappa shape index (κ2) is 13.9. The number of carbonyl (C=O) groups is 2. The maximum atomic E-state index is 13.0. The summed E-state index contributed by atoms with van der Waals surface area (Å²) in [4.78, 5) is 31.7. The van der Waals surface area contributed by atoms with E-state index in [9.17, 15) is 9.59 Å². The fraction of sp³-hybridized carbons (Fsp3) is 0.517. The van der Waals surface area contributed by atoms with E-state index in [0.29, 0.717) is 74.2 Å². The van der Waals surface area contributed by atoms with Crippen LogP contribution < -0.4 is 19.7 Å². The Labute approximate surface area is 226 Å². The average molecular weight is 527 g/mol. The number of nitrogens with zero attached hydrogens (tertiary/aromatic N) is 3. The molecule has 0 saturated carbocycles. The van der Waals surface area contributed by atoms with Crippen molar-refractivity contribution in [3.63, 3.8) is 0 Å². The zero-order chi connectivity index (χ0) is 27.7. The number of carbonyl (C=O) groups excluding carboxylic acids is 2. The van der Waals surface area contributed by atoms with Crippen LogP contribution in [0.4, 0.5) is 16.2 Å². The molecule has 2 aromatic rings. The largest absolute Gasteiger partial charge is 0.493 e. The molecule has 0 unspecified atom stereocenters. The number of piperazine rings is 1. The van der Waals surface area contributed by atoms with Gasteiger partial charge in [-0.3, -0.25) is 4.90 Å². The third kappa shape index (κ3) is 7.54. The Morgan fingerprint density at radius 3 is 2.29 bits per heavy atom. The average Bonchev–Trinajstić information content (AvgIpc) is 2.91. The summed E-state index contributed by atoms with van der Waals surface area (Å²) in [6.45, 7) is 14.4. The van der Waals surface area contributed by atoms with Gasteiger partial charge in [-0.2, -0.15) is 0 Å². The van der Waals surface area contributed by atoms with Crippen LogP contribution in [0.1, 0.15) is 45.0 Å². The van der Waals surface area contributed by atoms with E-state index >= 15 is 0 Å². The first-order chi connectivity index (χ1) is 18.2. The van der Waals surface area contributed by atoms with Crippen molar-refractivity contribution in [2.75, 3.05) is 63.3 Å². The molecule has 0 aliphatic carbocycles. The SMILES string of the molecule is CCOC(=O)c1ccccc1N1CCN(C(=O)Nc2ccc(OC)c(OCCN(C(C)C)C(C)C)c2)CC1. The van der Waals surface area contributed by atoms with E-state index in [4.69, 9.17) is 14.2 Å². The number of anilines is 2. The van der Waals surface area contributed by atoms with Gasteiger partial charge in [0.15, 0.2) is 11.5 Å². The molecule has 1 saturated heterocycles. The standard InChI is InChI=1S/C29H42N4O5/c1-7-37-28(34)24-10-8-9-11-25(24)31-14-16-32(17-15-31)29(35)30-23-12-13-26(36-6)27(20-23)38-19-18-33(21(2)3)22(4)5/h8-13,20-22H,7,14-19H2,1-6H3,(H,30,35). The van der Waals surface area contributed by atoms with Gasteiger partial charge >= 0.3 is 12.0 Å². The van der Waals surface area contributed by atoms with E-state index in [2.05, 4.69) is 42.8 Å². The summed E-state index contributed by atoms with van der Waals surface area (Å²) in [5, 5.41) is 2.99. The molecule has 1 fully saturated rings. The number of para-hydroxylation sites is 1. The number of rotatable bonds is 11. The Balaban J connectivity index is 1.59. The minimum atomic E-state index is -0.332. The highest BCUT2D eigenvalue weighted by Gasteiger charge is 2.25. The van der Waals surface area contributed by atoms with Crippen molar-refractivity contribution in [2.24, 2.45) is 0 Å². The van der Waals surface area contributed by atoms with Crippen LogP contribution >= 0.6 is 0 Å². The van der Waals surface area contributed by atoms with Crippen LogP contribution in [0.15, 0.2) is 42.5 Å². The topological polar surface area (TPSA) is 83.6 Å². The van der Waals surface area contributed by atoms with Crippen LogP contribution in [0.25, 0.3) is 0 Å². The molecule has 1 N–H and O–H groups in total. The van der Waals surface area contributed by atoms with Gasteiger partial charge in [0, 0.05) is 56.6 Å². The number of methoxy groups -OCH3 is 1. The van der Waals surface area contributed by atoms with Crippen molar-refractivity contribution in [2.45, 2.75) is 46.7 Å². The van der Waals surface area contributed by atoms with Gasteiger partial charge in [0.25, 0.3) is 0 Å². The van der Waals surface area contributed by atoms with Crippen LogP contribution in [0.3, 0.4) is 0 Å². The predicted molar refractivity (Wildman–Crippen MR) is 151 cm³/mol. The molecule has 0 atom stereocenters. The predicted octanol–water partition coefficient (Wildman–Crippen LogP) is 4.72. The smallest absolute Gasteiger partial charge is 0.340 e. The molecule has 9 nitrogen and oxygen atoms in total. The first kappa shape index (κ1) is 29.1. The maximum Gasteiger partial charge on any atom is 0.340 e. The highest BCUT2D eigenvalue weighted by molar-refractivity contribution is 5.96. The third-order valence-electron chi connectivity index (χ3n) is 6.66. The van der Waals surface area contributed by atoms with Crippen molar-refractivity contribution in [1.82, 2.24) is 9.80 Å². The molecule has 9 heteroatoms. The minimum Gasteiger partial charge on any atom is -0.493 e. The molecular formula is C29H42N4O5. The Morgan fingerprint density at radius 2 is 1.66 bits per heavy atom. The number of hydrogen-bond donors (Lipinski definition) is 1. The number of urea groups is 1. The monoisotopic (exact) mass is 526 g/mol. The molecule has 3 rings (SSSR count). The Morgan fingerprint density at radius 1 is 0.974 bits per heavy atom. The molecule has 0 radical (unpaired) electrons. The lowest BCUT2D eigenvalue weighted by molar-refractivity contribution is 0.0527. The van der Waals surface area contributed by atoms with Crippen molar-refractivity contribution in [3.8, 4) is 11.5 Å². The van der Waals surface area contributed by atoms with E-state index in [1.165, 1.54) is 0 Å². The lowest BCUT2D eigenvalue weighted by atomic mass is 10.1. The summed E-state index contributed by atoms with van der Waals surface area (Å²) in [5.41, 5.74) is 2.02. The molecule has 0 aromatic heterocycles. The molecule has 208 valence electrons. The molecule has 2 amide bonds. The van der Waals surface area contributed by atoms with Gasteiger partial charge in [-0.15, -0.1) is 0 Å².